The molecular formula is C38H66N6O12S2. The fourth-order valence-electron chi connectivity index (χ4n) is 4.50. The van der Waals surface area contributed by atoms with Crippen LogP contribution in [0.15, 0.2) is 30.5 Å². The number of ether oxygens (including phenoxy) is 10. The molecule has 2 aromatic rings. The Morgan fingerprint density at radius 1 is 0.672 bits per heavy atom. The normalized spacial score (nSPS) is 12.6. The zero-order valence-corrected chi connectivity index (χ0v) is 35.9. The van der Waals surface area contributed by atoms with Gasteiger partial charge in [-0.15, -0.1) is 5.10 Å². The van der Waals surface area contributed by atoms with Crippen molar-refractivity contribution in [3.8, 4) is 0 Å². The number of rotatable bonds is 41. The van der Waals surface area contributed by atoms with Crippen molar-refractivity contribution in [2.24, 2.45) is 11.5 Å². The molecule has 1 unspecified atom stereocenters. The molecule has 0 aliphatic rings. The molecule has 0 radical (unpaired) electrons. The van der Waals surface area contributed by atoms with Crippen LogP contribution in [0.2, 0.25) is 0 Å². The Morgan fingerprint density at radius 2 is 1.09 bits per heavy atom. The lowest BCUT2D eigenvalue weighted by Gasteiger charge is -2.13. The predicted octanol–water partition coefficient (Wildman–Crippen LogP) is 1.48. The number of ketones is 1. The van der Waals surface area contributed by atoms with Gasteiger partial charge in [-0.05, 0) is 31.5 Å². The number of nitrogens with zero attached hydrogens (tertiary/aromatic N) is 3. The number of Topliss-reactive ketones (excluding diaryl/α,β-unsaturated/α-hetero) is 1. The van der Waals surface area contributed by atoms with Crippen LogP contribution in [0.4, 0.5) is 0 Å². The first kappa shape index (κ1) is 51.9. The zero-order valence-electron chi connectivity index (χ0n) is 34.2. The van der Waals surface area contributed by atoms with Crippen LogP contribution in [0.25, 0.3) is 0 Å². The summed E-state index contributed by atoms with van der Waals surface area (Å²) < 4.78 is 56.8. The highest BCUT2D eigenvalue weighted by atomic mass is 33.1. The first-order valence-corrected chi connectivity index (χ1v) is 22.1. The van der Waals surface area contributed by atoms with Crippen LogP contribution in [0.1, 0.15) is 33.8 Å². The number of hydrogen-bond donors (Lipinski definition) is 3. The van der Waals surface area contributed by atoms with Gasteiger partial charge in [-0.25, -0.2) is 4.68 Å². The summed E-state index contributed by atoms with van der Waals surface area (Å²) in [6.07, 6.45) is 1.88. The van der Waals surface area contributed by atoms with Gasteiger partial charge in [-0.1, -0.05) is 38.9 Å². The molecule has 58 heavy (non-hydrogen) atoms. The van der Waals surface area contributed by atoms with Crippen molar-refractivity contribution in [1.82, 2.24) is 20.3 Å². The van der Waals surface area contributed by atoms with E-state index >= 15 is 0 Å². The SMILES string of the molecule is Cc1cn(CCOCCOCCOCCOCCOCCOCCOCCOCCOCCOCCNC(=O)c2ccc(C(C)SSC[C@H](N)C(=O)CN)cc2)nn1. The third-order valence-electron chi connectivity index (χ3n) is 7.71. The van der Waals surface area contributed by atoms with E-state index in [0.717, 1.165) is 11.3 Å². The molecule has 1 aromatic carbocycles. The van der Waals surface area contributed by atoms with E-state index in [9.17, 15) is 9.59 Å². The Hall–Kier alpha value is -2.28. The number of nitrogens with one attached hydrogen (secondary N) is 1. The molecule has 5 N–H and O–H groups in total. The van der Waals surface area contributed by atoms with Crippen LogP contribution in [-0.2, 0) is 58.7 Å². The van der Waals surface area contributed by atoms with E-state index in [1.54, 1.807) is 27.6 Å². The summed E-state index contributed by atoms with van der Waals surface area (Å²) in [7, 11) is 3.17. The largest absolute Gasteiger partial charge is 0.377 e. The summed E-state index contributed by atoms with van der Waals surface area (Å²) in [6.45, 7) is 14.6. The number of hydrogen-bond acceptors (Lipinski definition) is 18. The minimum Gasteiger partial charge on any atom is -0.377 e. The molecule has 20 heteroatoms. The lowest BCUT2D eigenvalue weighted by molar-refractivity contribution is -0.118. The quantitative estimate of drug-likeness (QED) is 0.0637. The van der Waals surface area contributed by atoms with E-state index in [2.05, 4.69) is 22.6 Å². The molecule has 332 valence electrons. The number of amides is 1. The molecule has 1 aromatic heterocycles. The molecule has 0 aliphatic heterocycles. The summed E-state index contributed by atoms with van der Waals surface area (Å²) in [5, 5.41) is 10.9. The number of carbonyl (C=O) groups excluding carboxylic acids is 2. The van der Waals surface area contributed by atoms with Crippen LogP contribution in [0, 0.1) is 6.92 Å². The predicted molar refractivity (Wildman–Crippen MR) is 222 cm³/mol. The van der Waals surface area contributed by atoms with Gasteiger partial charge >= 0.3 is 0 Å². The van der Waals surface area contributed by atoms with Crippen LogP contribution >= 0.6 is 21.6 Å². The maximum atomic E-state index is 12.4. The van der Waals surface area contributed by atoms with E-state index in [-0.39, 0.29) is 23.5 Å². The van der Waals surface area contributed by atoms with E-state index in [4.69, 9.17) is 58.8 Å². The van der Waals surface area contributed by atoms with Gasteiger partial charge in [0.25, 0.3) is 5.91 Å². The molecule has 0 bridgehead atoms. The van der Waals surface area contributed by atoms with Gasteiger partial charge in [0.2, 0.25) is 0 Å². The van der Waals surface area contributed by atoms with Gasteiger partial charge in [0.1, 0.15) is 0 Å². The third-order valence-corrected chi connectivity index (χ3v) is 10.6. The lowest BCUT2D eigenvalue weighted by Crippen LogP contribution is -2.37. The van der Waals surface area contributed by atoms with Crippen molar-refractivity contribution in [2.45, 2.75) is 31.7 Å². The Bertz CT molecular complexity index is 1290. The maximum absolute atomic E-state index is 12.4. The third kappa shape index (κ3) is 28.2. The number of aromatic nitrogens is 3. The van der Waals surface area contributed by atoms with E-state index in [1.807, 2.05) is 25.3 Å². The number of aryl methyl sites for hydroxylation is 1. The van der Waals surface area contributed by atoms with Gasteiger partial charge in [-0.2, -0.15) is 0 Å². The molecule has 0 saturated carbocycles. The monoisotopic (exact) mass is 862 g/mol. The fourth-order valence-corrected chi connectivity index (χ4v) is 7.01. The molecule has 1 amide bonds. The van der Waals surface area contributed by atoms with Gasteiger partial charge in [0.15, 0.2) is 5.78 Å². The highest BCUT2D eigenvalue weighted by Crippen LogP contribution is 2.37. The summed E-state index contributed by atoms with van der Waals surface area (Å²) in [5.74, 6) is 0.199. The average Bonchev–Trinajstić information content (AvgIpc) is 3.66. The first-order valence-electron chi connectivity index (χ1n) is 19.7. The van der Waals surface area contributed by atoms with Crippen LogP contribution < -0.4 is 16.8 Å². The van der Waals surface area contributed by atoms with Crippen LogP contribution in [0.3, 0.4) is 0 Å². The number of benzene rings is 1. The summed E-state index contributed by atoms with van der Waals surface area (Å²) in [5.41, 5.74) is 13.7. The lowest BCUT2D eigenvalue weighted by atomic mass is 10.1. The van der Waals surface area contributed by atoms with E-state index in [1.165, 1.54) is 10.8 Å². The van der Waals surface area contributed by atoms with Crippen molar-refractivity contribution < 1.29 is 57.0 Å². The summed E-state index contributed by atoms with van der Waals surface area (Å²) in [4.78, 5) is 24.0. The number of carbonyl (C=O) groups is 2. The Kier molecular flexibility index (Phi) is 32.7. The smallest absolute Gasteiger partial charge is 0.251 e. The Balaban J connectivity index is 1.22. The summed E-state index contributed by atoms with van der Waals surface area (Å²) >= 11 is 0. The second-order valence-electron chi connectivity index (χ2n) is 12.4. The molecule has 0 fully saturated rings. The second-order valence-corrected chi connectivity index (χ2v) is 15.2. The molecule has 2 atom stereocenters. The number of nitrogens with two attached hydrogens (primary N) is 2. The minimum absolute atomic E-state index is 0.0414. The van der Waals surface area contributed by atoms with Crippen LogP contribution in [-0.4, -0.2) is 184 Å². The molecule has 1 heterocycles. The molecule has 2 rings (SSSR count). The first-order chi connectivity index (χ1) is 28.4. The van der Waals surface area contributed by atoms with Crippen molar-refractivity contribution in [1.29, 1.82) is 0 Å². The molecule has 0 spiro atoms. The minimum atomic E-state index is -0.550. The van der Waals surface area contributed by atoms with Gasteiger partial charge in [0.05, 0.1) is 157 Å². The van der Waals surface area contributed by atoms with Gasteiger partial charge in [0, 0.05) is 29.3 Å². The Morgan fingerprint density at radius 3 is 1.48 bits per heavy atom. The Labute approximate surface area is 351 Å². The topological polar surface area (TPSA) is 221 Å². The molecular weight excluding hydrogens is 797 g/mol. The fraction of sp³-hybridized carbons (Fsp3) is 0.737. The second kappa shape index (κ2) is 36.6. The molecule has 0 saturated heterocycles. The standard InChI is InChI=1S/C38H66N6O12S2/c1-32-30-44(43-42-32)8-10-48-12-14-50-16-18-52-20-22-54-24-26-56-28-27-55-25-23-53-21-19-51-17-15-49-13-11-47-9-7-41-38(46)35-5-3-34(4-6-35)33(2)58-57-31-36(40)37(45)29-39/h3-6,30,33,36H,7-29,31,39-40H2,1-2H3,(H,41,46)/t33?,36-/m0/s1. The maximum Gasteiger partial charge on any atom is 0.251 e. The highest BCUT2D eigenvalue weighted by Gasteiger charge is 2.14. The van der Waals surface area contributed by atoms with E-state index < -0.39 is 6.04 Å². The van der Waals surface area contributed by atoms with Crippen molar-refractivity contribution in [3.05, 3.63) is 47.3 Å². The van der Waals surface area contributed by atoms with Crippen molar-refractivity contribution in [3.63, 3.8) is 0 Å². The zero-order chi connectivity index (χ0) is 41.7. The average molecular weight is 863 g/mol. The molecule has 18 nitrogen and oxygen atoms in total. The van der Waals surface area contributed by atoms with Gasteiger partial charge in [-0.3, -0.25) is 9.59 Å². The van der Waals surface area contributed by atoms with Crippen molar-refractivity contribution >= 4 is 33.3 Å². The van der Waals surface area contributed by atoms with Gasteiger partial charge < -0.3 is 64.2 Å². The van der Waals surface area contributed by atoms with Crippen LogP contribution in [0.5, 0.6) is 0 Å². The molecule has 0 aliphatic carbocycles. The van der Waals surface area contributed by atoms with Crippen molar-refractivity contribution in [2.75, 3.05) is 151 Å². The highest BCUT2D eigenvalue weighted by molar-refractivity contribution is 8.76. The summed E-state index contributed by atoms with van der Waals surface area (Å²) in [6, 6.07) is 6.92. The van der Waals surface area contributed by atoms with E-state index in [0.29, 0.717) is 157 Å².